The van der Waals surface area contributed by atoms with Gasteiger partial charge in [-0.1, -0.05) is 36.8 Å². The van der Waals surface area contributed by atoms with Gasteiger partial charge >= 0.3 is 5.97 Å². The first-order chi connectivity index (χ1) is 16.9. The molecule has 3 atom stereocenters. The van der Waals surface area contributed by atoms with Gasteiger partial charge in [-0.15, -0.1) is 0 Å². The molecule has 2 heterocycles. The average molecular weight is 473 g/mol. The van der Waals surface area contributed by atoms with Gasteiger partial charge < -0.3 is 9.64 Å². The lowest BCUT2D eigenvalue weighted by atomic mass is 9.82. The Labute approximate surface area is 204 Å². The number of anilines is 2. The summed E-state index contributed by atoms with van der Waals surface area (Å²) in [5.74, 6) is -2.06. The number of rotatable bonds is 5. The molecule has 0 N–H and O–H groups in total. The number of carbonyl (C=O) groups is 4. The lowest BCUT2D eigenvalue weighted by Gasteiger charge is -2.18. The lowest BCUT2D eigenvalue weighted by Crippen LogP contribution is -2.31. The predicted octanol–water partition coefficient (Wildman–Crippen LogP) is 4.05. The number of amides is 3. The van der Waals surface area contributed by atoms with Crippen LogP contribution in [0.15, 0.2) is 60.2 Å². The van der Waals surface area contributed by atoms with E-state index in [2.05, 4.69) is 6.92 Å². The van der Waals surface area contributed by atoms with Crippen LogP contribution in [0.5, 0.6) is 5.75 Å². The molecule has 180 valence electrons. The molecule has 7 nitrogen and oxygen atoms in total. The minimum atomic E-state index is -0.594. The van der Waals surface area contributed by atoms with Gasteiger partial charge in [0.25, 0.3) is 0 Å². The SMILES string of the molecule is CCc1ccc(N2C[C@H](C(=O)Oc3cccc(N4C(=O)[C@H]5CC=C(C)C[C@@H]5C4=O)c3)CC2=O)cc1. The van der Waals surface area contributed by atoms with E-state index in [4.69, 9.17) is 4.74 Å². The molecule has 7 heteroatoms. The molecular formula is C28H28N2O5. The quantitative estimate of drug-likeness (QED) is 0.284. The molecule has 2 aromatic rings. The van der Waals surface area contributed by atoms with E-state index >= 15 is 0 Å². The number of fused-ring (bicyclic) bond motifs is 1. The summed E-state index contributed by atoms with van der Waals surface area (Å²) in [6.07, 6.45) is 4.17. The highest BCUT2D eigenvalue weighted by Gasteiger charge is 2.48. The summed E-state index contributed by atoms with van der Waals surface area (Å²) in [6, 6.07) is 14.2. The molecule has 0 saturated carbocycles. The van der Waals surface area contributed by atoms with Crippen molar-refractivity contribution in [3.8, 4) is 5.75 Å². The van der Waals surface area contributed by atoms with Crippen molar-refractivity contribution in [1.82, 2.24) is 0 Å². The van der Waals surface area contributed by atoms with Gasteiger partial charge in [0.05, 0.1) is 23.4 Å². The Bertz CT molecular complexity index is 1230. The summed E-state index contributed by atoms with van der Waals surface area (Å²) >= 11 is 0. The van der Waals surface area contributed by atoms with Crippen molar-refractivity contribution in [1.29, 1.82) is 0 Å². The highest BCUT2D eigenvalue weighted by atomic mass is 16.5. The van der Waals surface area contributed by atoms with Crippen LogP contribution in [0.25, 0.3) is 0 Å². The predicted molar refractivity (Wildman–Crippen MR) is 131 cm³/mol. The van der Waals surface area contributed by atoms with Crippen molar-refractivity contribution in [2.45, 2.75) is 39.5 Å². The van der Waals surface area contributed by atoms with E-state index in [0.717, 1.165) is 17.7 Å². The Morgan fingerprint density at radius 1 is 0.971 bits per heavy atom. The molecule has 1 aliphatic carbocycles. The molecule has 35 heavy (non-hydrogen) atoms. The van der Waals surface area contributed by atoms with E-state index in [1.165, 1.54) is 10.5 Å². The molecule has 3 amide bonds. The molecule has 0 bridgehead atoms. The van der Waals surface area contributed by atoms with Crippen LogP contribution in [0.3, 0.4) is 0 Å². The number of nitrogens with zero attached hydrogens (tertiary/aromatic N) is 2. The number of esters is 1. The Hall–Kier alpha value is -3.74. The second-order valence-corrected chi connectivity index (χ2v) is 9.56. The second kappa shape index (κ2) is 9.13. The van der Waals surface area contributed by atoms with Crippen molar-refractivity contribution in [3.05, 3.63) is 65.7 Å². The van der Waals surface area contributed by atoms with Crippen LogP contribution in [-0.2, 0) is 25.6 Å². The van der Waals surface area contributed by atoms with E-state index in [1.54, 1.807) is 29.2 Å². The van der Waals surface area contributed by atoms with Crippen molar-refractivity contribution in [3.63, 3.8) is 0 Å². The maximum Gasteiger partial charge on any atom is 0.316 e. The van der Waals surface area contributed by atoms with Crippen LogP contribution in [0.1, 0.15) is 38.7 Å². The highest BCUT2D eigenvalue weighted by molar-refractivity contribution is 6.22. The first-order valence-corrected chi connectivity index (χ1v) is 12.1. The molecule has 3 aliphatic rings. The second-order valence-electron chi connectivity index (χ2n) is 9.56. The standard InChI is InChI=1S/C28H28N2O5/c1-3-18-8-10-20(11-9-18)29-16-19(14-25(29)31)28(34)35-22-6-4-5-21(15-22)30-26(32)23-12-7-17(2)13-24(23)27(30)33/h4-11,15,19,23-24H,3,12-14,16H2,1-2H3/t19-,23+,24+/m1/s1. The third-order valence-corrected chi connectivity index (χ3v) is 7.23. The van der Waals surface area contributed by atoms with Crippen molar-refractivity contribution in [2.75, 3.05) is 16.3 Å². The zero-order valence-electron chi connectivity index (χ0n) is 19.9. The normalized spacial score (nSPS) is 24.0. The van der Waals surface area contributed by atoms with E-state index < -0.39 is 11.9 Å². The summed E-state index contributed by atoms with van der Waals surface area (Å²) in [4.78, 5) is 54.3. The van der Waals surface area contributed by atoms with Gasteiger partial charge in [0.1, 0.15) is 5.75 Å². The van der Waals surface area contributed by atoms with Gasteiger partial charge in [0, 0.05) is 24.7 Å². The van der Waals surface area contributed by atoms with E-state index in [-0.39, 0.29) is 48.3 Å². The number of hydrogen-bond acceptors (Lipinski definition) is 5. The number of imide groups is 1. The van der Waals surface area contributed by atoms with Crippen LogP contribution < -0.4 is 14.5 Å². The molecule has 0 unspecified atom stereocenters. The lowest BCUT2D eigenvalue weighted by molar-refractivity contribution is -0.139. The summed E-state index contributed by atoms with van der Waals surface area (Å²) in [6.45, 7) is 4.30. The first-order valence-electron chi connectivity index (χ1n) is 12.1. The fourth-order valence-corrected chi connectivity index (χ4v) is 5.20. The molecule has 5 rings (SSSR count). The largest absolute Gasteiger partial charge is 0.426 e. The minimum Gasteiger partial charge on any atom is -0.426 e. The number of allylic oxidation sites excluding steroid dienone is 2. The Kier molecular flexibility index (Phi) is 6.01. The van der Waals surface area contributed by atoms with Crippen LogP contribution in [0.2, 0.25) is 0 Å². The summed E-state index contributed by atoms with van der Waals surface area (Å²) in [5.41, 5.74) is 3.47. The molecule has 2 aromatic carbocycles. The Morgan fingerprint density at radius 3 is 2.46 bits per heavy atom. The highest BCUT2D eigenvalue weighted by Crippen LogP contribution is 2.40. The molecule has 0 aromatic heterocycles. The van der Waals surface area contributed by atoms with Gasteiger partial charge in [0.2, 0.25) is 17.7 Å². The van der Waals surface area contributed by atoms with Gasteiger partial charge in [-0.05, 0) is 56.0 Å². The van der Waals surface area contributed by atoms with Gasteiger partial charge in [-0.2, -0.15) is 0 Å². The fourth-order valence-electron chi connectivity index (χ4n) is 5.20. The molecule has 2 aliphatic heterocycles. The maximum absolute atomic E-state index is 13.0. The summed E-state index contributed by atoms with van der Waals surface area (Å²) in [5, 5.41) is 0. The average Bonchev–Trinajstić information content (AvgIpc) is 3.36. The van der Waals surface area contributed by atoms with Gasteiger partial charge in [0.15, 0.2) is 0 Å². The van der Waals surface area contributed by atoms with Crippen molar-refractivity contribution in [2.24, 2.45) is 17.8 Å². The third-order valence-electron chi connectivity index (χ3n) is 7.23. The zero-order valence-corrected chi connectivity index (χ0v) is 19.9. The molecule has 2 saturated heterocycles. The van der Waals surface area contributed by atoms with Gasteiger partial charge in [-0.25, -0.2) is 4.90 Å². The van der Waals surface area contributed by atoms with Crippen molar-refractivity contribution < 1.29 is 23.9 Å². The molecule has 2 fully saturated rings. The summed E-state index contributed by atoms with van der Waals surface area (Å²) < 4.78 is 5.60. The molecular weight excluding hydrogens is 444 g/mol. The van der Waals surface area contributed by atoms with Gasteiger partial charge in [-0.3, -0.25) is 19.2 Å². The smallest absolute Gasteiger partial charge is 0.316 e. The fraction of sp³-hybridized carbons (Fsp3) is 0.357. The molecule has 0 spiro atoms. The van der Waals surface area contributed by atoms with Crippen LogP contribution in [-0.4, -0.2) is 30.2 Å². The number of benzene rings is 2. The van der Waals surface area contributed by atoms with Crippen LogP contribution in [0.4, 0.5) is 11.4 Å². The van der Waals surface area contributed by atoms with Crippen LogP contribution in [0, 0.1) is 17.8 Å². The van der Waals surface area contributed by atoms with Crippen LogP contribution >= 0.6 is 0 Å². The Balaban J connectivity index is 1.28. The first kappa shape index (κ1) is 23.0. The van der Waals surface area contributed by atoms with E-state index in [9.17, 15) is 19.2 Å². The number of hydrogen-bond donors (Lipinski definition) is 0. The molecule has 0 radical (unpaired) electrons. The third kappa shape index (κ3) is 4.27. The minimum absolute atomic E-state index is 0.0763. The topological polar surface area (TPSA) is 84.0 Å². The zero-order chi connectivity index (χ0) is 24.7. The number of carbonyl (C=O) groups excluding carboxylic acids is 4. The van der Waals surface area contributed by atoms with Crippen molar-refractivity contribution >= 4 is 35.1 Å². The number of aryl methyl sites for hydroxylation is 1. The maximum atomic E-state index is 13.0. The van der Waals surface area contributed by atoms with E-state index in [1.807, 2.05) is 37.3 Å². The Morgan fingerprint density at radius 2 is 1.71 bits per heavy atom. The number of ether oxygens (including phenoxy) is 1. The monoisotopic (exact) mass is 472 g/mol. The van der Waals surface area contributed by atoms with E-state index in [0.29, 0.717) is 18.5 Å². The summed E-state index contributed by atoms with van der Waals surface area (Å²) in [7, 11) is 0.